The predicted octanol–water partition coefficient (Wildman–Crippen LogP) is 0.679. The molecule has 134 valence electrons. The fourth-order valence-corrected chi connectivity index (χ4v) is 5.35. The van der Waals surface area contributed by atoms with E-state index >= 15 is 0 Å². The van der Waals surface area contributed by atoms with Crippen molar-refractivity contribution in [3.8, 4) is 0 Å². The van der Waals surface area contributed by atoms with Gasteiger partial charge in [0.1, 0.15) is 4.90 Å². The van der Waals surface area contributed by atoms with Crippen molar-refractivity contribution >= 4 is 16.0 Å². The predicted molar refractivity (Wildman–Crippen MR) is 84.7 cm³/mol. The summed E-state index contributed by atoms with van der Waals surface area (Å²) in [6.07, 6.45) is 3.23. The molecule has 2 atom stereocenters. The second kappa shape index (κ2) is 6.45. The lowest BCUT2D eigenvalue weighted by Gasteiger charge is -2.48. The average molecular weight is 357 g/mol. The van der Waals surface area contributed by atoms with E-state index < -0.39 is 15.4 Å². The van der Waals surface area contributed by atoms with E-state index in [0.29, 0.717) is 19.4 Å². The van der Waals surface area contributed by atoms with Crippen LogP contribution >= 0.6 is 0 Å². The number of nitrogens with zero attached hydrogens (tertiary/aromatic N) is 2. The van der Waals surface area contributed by atoms with Gasteiger partial charge in [0.2, 0.25) is 10.0 Å². The summed E-state index contributed by atoms with van der Waals surface area (Å²) in [5, 5.41) is 6.93. The van der Waals surface area contributed by atoms with E-state index in [1.165, 1.54) is 10.5 Å². The molecule has 1 aromatic rings. The maximum Gasteiger partial charge on any atom is 0.315 e. The van der Waals surface area contributed by atoms with E-state index in [2.05, 4.69) is 10.5 Å². The van der Waals surface area contributed by atoms with Crippen molar-refractivity contribution in [1.29, 1.82) is 0 Å². The molecule has 2 fully saturated rings. The Morgan fingerprint density at radius 2 is 2.38 bits per heavy atom. The van der Waals surface area contributed by atoms with E-state index in [1.807, 2.05) is 0 Å². The molecule has 0 aliphatic carbocycles. The number of ether oxygens (including phenoxy) is 1. The minimum atomic E-state index is -3.74. The van der Waals surface area contributed by atoms with Crippen molar-refractivity contribution in [1.82, 2.24) is 14.8 Å². The molecule has 2 aliphatic rings. The molecule has 2 aliphatic heterocycles. The highest BCUT2D eigenvalue weighted by atomic mass is 32.2. The largest absolute Gasteiger partial charge is 0.465 e. The Morgan fingerprint density at radius 3 is 3.04 bits per heavy atom. The smallest absolute Gasteiger partial charge is 0.315 e. The summed E-state index contributed by atoms with van der Waals surface area (Å²) in [5.41, 5.74) is -0.829. The van der Waals surface area contributed by atoms with E-state index in [1.54, 1.807) is 13.8 Å². The number of carbonyl (C=O) groups is 1. The SMILES string of the molecule is CCOC(=O)[C@@]12CCCN[C@H]1CCN(S(=O)(=O)c1cnoc1C)C2. The van der Waals surface area contributed by atoms with Gasteiger partial charge in [-0.1, -0.05) is 5.16 Å². The zero-order valence-electron chi connectivity index (χ0n) is 13.9. The van der Waals surface area contributed by atoms with E-state index in [9.17, 15) is 13.2 Å². The molecule has 0 unspecified atom stereocenters. The van der Waals surface area contributed by atoms with Gasteiger partial charge >= 0.3 is 5.97 Å². The average Bonchev–Trinajstić information content (AvgIpc) is 3.01. The monoisotopic (exact) mass is 357 g/mol. The zero-order valence-corrected chi connectivity index (χ0v) is 14.8. The molecule has 1 aromatic heterocycles. The normalized spacial score (nSPS) is 28.3. The molecular formula is C15H23N3O5S. The van der Waals surface area contributed by atoms with Gasteiger partial charge in [-0.15, -0.1) is 0 Å². The summed E-state index contributed by atoms with van der Waals surface area (Å²) >= 11 is 0. The summed E-state index contributed by atoms with van der Waals surface area (Å²) in [7, 11) is -3.74. The van der Waals surface area contributed by atoms with Crippen molar-refractivity contribution in [2.75, 3.05) is 26.2 Å². The van der Waals surface area contributed by atoms with Crippen LogP contribution in [0.25, 0.3) is 0 Å². The van der Waals surface area contributed by atoms with Gasteiger partial charge in [-0.05, 0) is 39.7 Å². The number of piperidine rings is 2. The van der Waals surface area contributed by atoms with E-state index in [-0.39, 0.29) is 35.8 Å². The quantitative estimate of drug-likeness (QED) is 0.791. The highest BCUT2D eigenvalue weighted by molar-refractivity contribution is 7.89. The van der Waals surface area contributed by atoms with Gasteiger partial charge in [0, 0.05) is 19.1 Å². The summed E-state index contributed by atoms with van der Waals surface area (Å²) in [4.78, 5) is 12.7. The fraction of sp³-hybridized carbons (Fsp3) is 0.733. The maximum atomic E-state index is 12.9. The fourth-order valence-electron chi connectivity index (χ4n) is 3.75. The van der Waals surface area contributed by atoms with Crippen LogP contribution in [0, 0.1) is 12.3 Å². The number of carbonyl (C=O) groups excluding carboxylic acids is 1. The summed E-state index contributed by atoms with van der Waals surface area (Å²) in [6, 6.07) is -0.0553. The van der Waals surface area contributed by atoms with Gasteiger partial charge in [0.15, 0.2) is 5.76 Å². The number of nitrogens with one attached hydrogen (secondary N) is 1. The molecule has 8 nitrogen and oxygen atoms in total. The van der Waals surface area contributed by atoms with Crippen LogP contribution in [-0.2, 0) is 19.6 Å². The Balaban J connectivity index is 1.93. The molecule has 0 bridgehead atoms. The first-order valence-corrected chi connectivity index (χ1v) is 9.68. The van der Waals surface area contributed by atoms with Gasteiger partial charge < -0.3 is 14.6 Å². The lowest BCUT2D eigenvalue weighted by atomic mass is 9.71. The number of aryl methyl sites for hydroxylation is 1. The van der Waals surface area contributed by atoms with Crippen LogP contribution in [0.15, 0.2) is 15.6 Å². The maximum absolute atomic E-state index is 12.9. The molecule has 2 saturated heterocycles. The van der Waals surface area contributed by atoms with Crippen LogP contribution in [-0.4, -0.2) is 56.1 Å². The van der Waals surface area contributed by atoms with Gasteiger partial charge in [-0.2, -0.15) is 4.31 Å². The Bertz CT molecular complexity index is 716. The van der Waals surface area contributed by atoms with E-state index in [4.69, 9.17) is 9.26 Å². The van der Waals surface area contributed by atoms with Crippen LogP contribution in [0.1, 0.15) is 31.9 Å². The number of hydrogen-bond acceptors (Lipinski definition) is 7. The number of rotatable bonds is 4. The first-order chi connectivity index (χ1) is 11.4. The number of aromatic nitrogens is 1. The third kappa shape index (κ3) is 2.74. The van der Waals surface area contributed by atoms with Crippen molar-refractivity contribution in [2.24, 2.45) is 5.41 Å². The Morgan fingerprint density at radius 1 is 1.58 bits per heavy atom. The molecule has 0 saturated carbocycles. The minimum absolute atomic E-state index is 0.0553. The van der Waals surface area contributed by atoms with Crippen molar-refractivity contribution in [3.05, 3.63) is 12.0 Å². The first kappa shape index (κ1) is 17.4. The van der Waals surface area contributed by atoms with Crippen molar-refractivity contribution in [3.63, 3.8) is 0 Å². The topological polar surface area (TPSA) is 102 Å². The molecule has 0 amide bonds. The summed E-state index contributed by atoms with van der Waals surface area (Å²) in [5.74, 6) is -0.0618. The lowest BCUT2D eigenvalue weighted by Crippen LogP contribution is -2.64. The molecule has 0 aromatic carbocycles. The highest BCUT2D eigenvalue weighted by Crippen LogP contribution is 2.40. The Hall–Kier alpha value is -1.45. The summed E-state index contributed by atoms with van der Waals surface area (Å²) < 4.78 is 37.4. The van der Waals surface area contributed by atoms with Crippen LogP contribution in [0.2, 0.25) is 0 Å². The second-order valence-corrected chi connectivity index (χ2v) is 8.27. The highest BCUT2D eigenvalue weighted by Gasteiger charge is 2.53. The van der Waals surface area contributed by atoms with Gasteiger partial charge in [0.05, 0.1) is 18.2 Å². The minimum Gasteiger partial charge on any atom is -0.465 e. The third-order valence-electron chi connectivity index (χ3n) is 4.99. The lowest BCUT2D eigenvalue weighted by molar-refractivity contribution is -0.162. The van der Waals surface area contributed by atoms with Crippen LogP contribution in [0.5, 0.6) is 0 Å². The zero-order chi connectivity index (χ0) is 17.4. The number of hydrogen-bond donors (Lipinski definition) is 1. The molecule has 0 spiro atoms. The molecule has 3 rings (SSSR count). The van der Waals surface area contributed by atoms with Crippen LogP contribution < -0.4 is 5.32 Å². The molecule has 9 heteroatoms. The first-order valence-electron chi connectivity index (χ1n) is 8.24. The second-order valence-electron chi connectivity index (χ2n) is 6.36. The molecule has 1 N–H and O–H groups in total. The summed E-state index contributed by atoms with van der Waals surface area (Å²) in [6.45, 7) is 4.92. The third-order valence-corrected chi connectivity index (χ3v) is 6.93. The molecule has 0 radical (unpaired) electrons. The van der Waals surface area contributed by atoms with Crippen molar-refractivity contribution in [2.45, 2.75) is 44.0 Å². The molecule has 3 heterocycles. The van der Waals surface area contributed by atoms with Gasteiger partial charge in [-0.3, -0.25) is 4.79 Å². The van der Waals surface area contributed by atoms with Gasteiger partial charge in [0.25, 0.3) is 0 Å². The van der Waals surface area contributed by atoms with Crippen LogP contribution in [0.4, 0.5) is 0 Å². The number of fused-ring (bicyclic) bond motifs is 1. The van der Waals surface area contributed by atoms with E-state index in [0.717, 1.165) is 13.0 Å². The number of sulfonamides is 1. The molecule has 24 heavy (non-hydrogen) atoms. The van der Waals surface area contributed by atoms with Crippen LogP contribution in [0.3, 0.4) is 0 Å². The number of esters is 1. The van der Waals surface area contributed by atoms with Crippen molar-refractivity contribution < 1.29 is 22.5 Å². The Labute approximate surface area is 141 Å². The Kier molecular flexibility index (Phi) is 4.67. The standard InChI is InChI=1S/C15H23N3O5S/c1-3-22-14(19)15-6-4-7-16-13(15)5-8-18(10-15)24(20,21)12-9-17-23-11(12)2/h9,13,16H,3-8,10H2,1-2H3/t13-,15+/m0/s1. The van der Waals surface area contributed by atoms with Gasteiger partial charge in [-0.25, -0.2) is 8.42 Å². The molecular weight excluding hydrogens is 334 g/mol.